The molecular formula is C19H27N3O. The quantitative estimate of drug-likeness (QED) is 0.794. The summed E-state index contributed by atoms with van der Waals surface area (Å²) in [6.07, 6.45) is 7.53. The number of H-pyrrole nitrogens is 1. The van der Waals surface area contributed by atoms with E-state index in [0.29, 0.717) is 12.3 Å². The zero-order valence-corrected chi connectivity index (χ0v) is 13.8. The molecule has 0 radical (unpaired) electrons. The fraction of sp³-hybridized carbons (Fsp3) is 0.526. The van der Waals surface area contributed by atoms with E-state index >= 15 is 0 Å². The van der Waals surface area contributed by atoms with Gasteiger partial charge in [-0.15, -0.1) is 0 Å². The summed E-state index contributed by atoms with van der Waals surface area (Å²) in [5.74, 6) is 1.43. The first-order valence-corrected chi connectivity index (χ1v) is 8.71. The van der Waals surface area contributed by atoms with E-state index in [2.05, 4.69) is 23.3 Å². The molecular weight excluding hydrogens is 286 g/mol. The first kappa shape index (κ1) is 16.1. The topological polar surface area (TPSA) is 70.9 Å². The molecule has 1 aromatic heterocycles. The first-order valence-electron chi connectivity index (χ1n) is 8.71. The van der Waals surface area contributed by atoms with Gasteiger partial charge in [-0.25, -0.2) is 0 Å². The summed E-state index contributed by atoms with van der Waals surface area (Å²) in [5.41, 5.74) is 8.31. The Morgan fingerprint density at radius 1 is 1.30 bits per heavy atom. The van der Waals surface area contributed by atoms with Crippen molar-refractivity contribution in [2.24, 2.45) is 17.6 Å². The average Bonchev–Trinajstić information content (AvgIpc) is 2.97. The molecule has 1 amide bonds. The third-order valence-corrected chi connectivity index (χ3v) is 5.15. The smallest absolute Gasteiger partial charge is 0.237 e. The molecule has 1 heterocycles. The number of carbonyl (C=O) groups excluding carboxylic acids is 1. The van der Waals surface area contributed by atoms with E-state index in [4.69, 9.17) is 5.73 Å². The molecule has 1 aliphatic carbocycles. The summed E-state index contributed by atoms with van der Waals surface area (Å²) in [6.45, 7) is 3.08. The molecule has 0 saturated heterocycles. The van der Waals surface area contributed by atoms with Crippen LogP contribution in [0.5, 0.6) is 0 Å². The predicted octanol–water partition coefficient (Wildman–Crippen LogP) is 2.98. The number of aromatic amines is 1. The molecule has 23 heavy (non-hydrogen) atoms. The third-order valence-electron chi connectivity index (χ3n) is 5.15. The molecule has 0 bridgehead atoms. The minimum Gasteiger partial charge on any atom is -0.361 e. The summed E-state index contributed by atoms with van der Waals surface area (Å²) in [6, 6.07) is 7.62. The maximum atomic E-state index is 12.3. The van der Waals surface area contributed by atoms with Crippen LogP contribution >= 0.6 is 0 Å². The van der Waals surface area contributed by atoms with Crippen LogP contribution < -0.4 is 11.1 Å². The lowest BCUT2D eigenvalue weighted by Gasteiger charge is -2.26. The molecule has 1 aromatic carbocycles. The highest BCUT2D eigenvalue weighted by Crippen LogP contribution is 2.27. The van der Waals surface area contributed by atoms with Gasteiger partial charge < -0.3 is 16.0 Å². The number of nitrogens with two attached hydrogens (primary N) is 1. The largest absolute Gasteiger partial charge is 0.361 e. The Morgan fingerprint density at radius 3 is 2.83 bits per heavy atom. The lowest BCUT2D eigenvalue weighted by Crippen LogP contribution is -2.44. The Bertz CT molecular complexity index is 655. The SMILES string of the molecule is CC1CCC(CNC(=O)[C@@H](N)Cc2c[nH]c3ccccc23)CC1. The Morgan fingerprint density at radius 2 is 2.04 bits per heavy atom. The molecule has 4 N–H and O–H groups in total. The zero-order valence-electron chi connectivity index (χ0n) is 13.8. The van der Waals surface area contributed by atoms with Crippen LogP contribution in [0, 0.1) is 11.8 Å². The second-order valence-electron chi connectivity index (χ2n) is 7.04. The summed E-state index contributed by atoms with van der Waals surface area (Å²) in [7, 11) is 0. The molecule has 1 atom stereocenters. The van der Waals surface area contributed by atoms with Crippen LogP contribution in [0.15, 0.2) is 30.5 Å². The fourth-order valence-electron chi connectivity index (χ4n) is 3.54. The molecule has 0 spiro atoms. The van der Waals surface area contributed by atoms with Crippen molar-refractivity contribution in [3.63, 3.8) is 0 Å². The van der Waals surface area contributed by atoms with E-state index in [-0.39, 0.29) is 5.91 Å². The Kier molecular flexibility index (Phi) is 5.01. The standard InChI is InChI=1S/C19H27N3O/c1-13-6-8-14(9-7-13)11-22-19(23)17(20)10-15-12-21-18-5-3-2-4-16(15)18/h2-5,12-14,17,21H,6-11,20H2,1H3,(H,22,23)/t13?,14?,17-/m0/s1. The van der Waals surface area contributed by atoms with Crippen molar-refractivity contribution in [1.82, 2.24) is 10.3 Å². The maximum absolute atomic E-state index is 12.3. The van der Waals surface area contributed by atoms with Gasteiger partial charge in [-0.2, -0.15) is 0 Å². The number of hydrogen-bond donors (Lipinski definition) is 3. The Labute approximate surface area is 137 Å². The minimum absolute atomic E-state index is 0.0334. The molecule has 1 saturated carbocycles. The highest BCUT2D eigenvalue weighted by molar-refractivity contribution is 5.86. The summed E-state index contributed by atoms with van der Waals surface area (Å²) < 4.78 is 0. The van der Waals surface area contributed by atoms with E-state index in [0.717, 1.165) is 28.9 Å². The monoisotopic (exact) mass is 313 g/mol. The van der Waals surface area contributed by atoms with Gasteiger partial charge in [0.15, 0.2) is 0 Å². The van der Waals surface area contributed by atoms with Gasteiger partial charge in [0.05, 0.1) is 6.04 Å². The van der Waals surface area contributed by atoms with Crippen molar-refractivity contribution in [2.75, 3.05) is 6.54 Å². The van der Waals surface area contributed by atoms with Crippen molar-refractivity contribution in [3.05, 3.63) is 36.0 Å². The molecule has 4 heteroatoms. The van der Waals surface area contributed by atoms with Crippen LogP contribution in [0.2, 0.25) is 0 Å². The summed E-state index contributed by atoms with van der Waals surface area (Å²) in [5, 5.41) is 4.20. The third kappa shape index (κ3) is 3.94. The molecule has 0 unspecified atom stereocenters. The van der Waals surface area contributed by atoms with Crippen LogP contribution in [0.4, 0.5) is 0 Å². The van der Waals surface area contributed by atoms with Gasteiger partial charge in [-0.05, 0) is 42.7 Å². The maximum Gasteiger partial charge on any atom is 0.237 e. The van der Waals surface area contributed by atoms with Crippen molar-refractivity contribution >= 4 is 16.8 Å². The molecule has 2 aromatic rings. The number of para-hydroxylation sites is 1. The van der Waals surface area contributed by atoms with Gasteiger partial charge in [-0.1, -0.05) is 38.0 Å². The van der Waals surface area contributed by atoms with Gasteiger partial charge in [0, 0.05) is 23.6 Å². The second kappa shape index (κ2) is 7.18. The van der Waals surface area contributed by atoms with Crippen LogP contribution in [-0.4, -0.2) is 23.5 Å². The van der Waals surface area contributed by atoms with Crippen LogP contribution in [-0.2, 0) is 11.2 Å². The number of amides is 1. The van der Waals surface area contributed by atoms with Gasteiger partial charge in [0.1, 0.15) is 0 Å². The molecule has 1 aliphatic rings. The van der Waals surface area contributed by atoms with E-state index in [1.165, 1.54) is 25.7 Å². The first-order chi connectivity index (χ1) is 11.1. The van der Waals surface area contributed by atoms with Gasteiger partial charge in [0.2, 0.25) is 5.91 Å². The van der Waals surface area contributed by atoms with Crippen molar-refractivity contribution < 1.29 is 4.79 Å². The van der Waals surface area contributed by atoms with Gasteiger partial charge in [-0.3, -0.25) is 4.79 Å². The number of rotatable bonds is 5. The van der Waals surface area contributed by atoms with Crippen molar-refractivity contribution in [1.29, 1.82) is 0 Å². The number of nitrogens with one attached hydrogen (secondary N) is 2. The molecule has 0 aliphatic heterocycles. The minimum atomic E-state index is -0.489. The molecule has 124 valence electrons. The Hall–Kier alpha value is -1.81. The van der Waals surface area contributed by atoms with Gasteiger partial charge in [0.25, 0.3) is 0 Å². The lowest BCUT2D eigenvalue weighted by atomic mass is 9.83. The van der Waals surface area contributed by atoms with Crippen LogP contribution in [0.1, 0.15) is 38.2 Å². The summed E-state index contributed by atoms with van der Waals surface area (Å²) >= 11 is 0. The average molecular weight is 313 g/mol. The fourth-order valence-corrected chi connectivity index (χ4v) is 3.54. The molecule has 4 nitrogen and oxygen atoms in total. The molecule has 1 fully saturated rings. The van der Waals surface area contributed by atoms with Crippen molar-refractivity contribution in [2.45, 2.75) is 45.1 Å². The highest BCUT2D eigenvalue weighted by Gasteiger charge is 2.21. The number of aromatic nitrogens is 1. The number of carbonyl (C=O) groups is 1. The number of benzene rings is 1. The highest BCUT2D eigenvalue weighted by atomic mass is 16.2. The van der Waals surface area contributed by atoms with E-state index in [9.17, 15) is 4.79 Å². The Balaban J connectivity index is 1.51. The van der Waals surface area contributed by atoms with Crippen LogP contribution in [0.25, 0.3) is 10.9 Å². The number of fused-ring (bicyclic) bond motifs is 1. The predicted molar refractivity (Wildman–Crippen MR) is 94.1 cm³/mol. The number of hydrogen-bond acceptors (Lipinski definition) is 2. The second-order valence-corrected chi connectivity index (χ2v) is 7.04. The zero-order chi connectivity index (χ0) is 16.2. The van der Waals surface area contributed by atoms with Gasteiger partial charge >= 0.3 is 0 Å². The van der Waals surface area contributed by atoms with E-state index in [1.807, 2.05) is 24.4 Å². The lowest BCUT2D eigenvalue weighted by molar-refractivity contribution is -0.122. The van der Waals surface area contributed by atoms with Crippen LogP contribution in [0.3, 0.4) is 0 Å². The van der Waals surface area contributed by atoms with E-state index < -0.39 is 6.04 Å². The van der Waals surface area contributed by atoms with Crippen molar-refractivity contribution in [3.8, 4) is 0 Å². The van der Waals surface area contributed by atoms with E-state index in [1.54, 1.807) is 0 Å². The molecule has 3 rings (SSSR count). The summed E-state index contributed by atoms with van der Waals surface area (Å²) in [4.78, 5) is 15.5. The normalized spacial score (nSPS) is 22.9.